The van der Waals surface area contributed by atoms with Crippen molar-refractivity contribution >= 4 is 17.5 Å². The number of rotatable bonds is 5. The molecule has 26 heavy (non-hydrogen) atoms. The van der Waals surface area contributed by atoms with Crippen LogP contribution in [0.5, 0.6) is 0 Å². The predicted molar refractivity (Wildman–Crippen MR) is 104 cm³/mol. The zero-order valence-corrected chi connectivity index (χ0v) is 15.5. The number of hydrogen-bond acceptors (Lipinski definition) is 2. The molecule has 4 heteroatoms. The maximum Gasteiger partial charge on any atom is 0.249 e. The van der Waals surface area contributed by atoms with E-state index in [1.807, 2.05) is 49.4 Å². The Hall–Kier alpha value is -2.62. The maximum atomic E-state index is 12.8. The molecule has 3 rings (SSSR count). The highest BCUT2D eigenvalue weighted by atomic mass is 16.2. The van der Waals surface area contributed by atoms with Gasteiger partial charge in [-0.15, -0.1) is 0 Å². The highest BCUT2D eigenvalue weighted by Gasteiger charge is 2.34. The third-order valence-corrected chi connectivity index (χ3v) is 5.10. The topological polar surface area (TPSA) is 40.6 Å². The van der Waals surface area contributed by atoms with Gasteiger partial charge in [-0.05, 0) is 43.0 Å². The van der Waals surface area contributed by atoms with E-state index in [1.165, 1.54) is 5.56 Å². The van der Waals surface area contributed by atoms with Gasteiger partial charge in [0.1, 0.15) is 6.04 Å². The van der Waals surface area contributed by atoms with Crippen LogP contribution in [0.25, 0.3) is 0 Å². The van der Waals surface area contributed by atoms with Gasteiger partial charge in [-0.3, -0.25) is 9.59 Å². The number of amides is 2. The van der Waals surface area contributed by atoms with Crippen molar-refractivity contribution in [3.8, 4) is 0 Å². The van der Waals surface area contributed by atoms with E-state index in [4.69, 9.17) is 0 Å². The van der Waals surface area contributed by atoms with Crippen LogP contribution in [-0.4, -0.2) is 35.8 Å². The molecule has 2 amide bonds. The predicted octanol–water partition coefficient (Wildman–Crippen LogP) is 3.45. The smallest absolute Gasteiger partial charge is 0.249 e. The lowest BCUT2D eigenvalue weighted by molar-refractivity contribution is -0.140. The van der Waals surface area contributed by atoms with Gasteiger partial charge >= 0.3 is 0 Å². The van der Waals surface area contributed by atoms with Crippen LogP contribution in [0.15, 0.2) is 54.6 Å². The van der Waals surface area contributed by atoms with E-state index in [-0.39, 0.29) is 11.8 Å². The zero-order chi connectivity index (χ0) is 18.5. The molecule has 0 unspecified atom stereocenters. The molecule has 2 aromatic carbocycles. The lowest BCUT2D eigenvalue weighted by atomic mass is 10.1. The second-order valence-corrected chi connectivity index (χ2v) is 6.76. The van der Waals surface area contributed by atoms with Gasteiger partial charge in [0.05, 0.1) is 0 Å². The van der Waals surface area contributed by atoms with E-state index in [0.29, 0.717) is 25.9 Å². The van der Waals surface area contributed by atoms with Crippen molar-refractivity contribution in [3.05, 3.63) is 65.7 Å². The number of carbonyl (C=O) groups is 2. The summed E-state index contributed by atoms with van der Waals surface area (Å²) in [6.45, 7) is 5.07. The van der Waals surface area contributed by atoms with Gasteiger partial charge in [0.15, 0.2) is 0 Å². The minimum absolute atomic E-state index is 0.00596. The van der Waals surface area contributed by atoms with Crippen molar-refractivity contribution in [1.82, 2.24) is 4.90 Å². The van der Waals surface area contributed by atoms with E-state index in [2.05, 4.69) is 19.1 Å². The van der Waals surface area contributed by atoms with Crippen LogP contribution in [0.4, 0.5) is 5.69 Å². The summed E-state index contributed by atoms with van der Waals surface area (Å²) in [5.74, 6) is 0.0456. The molecule has 1 atom stereocenters. The van der Waals surface area contributed by atoms with Crippen molar-refractivity contribution in [1.29, 1.82) is 0 Å². The molecule has 0 bridgehead atoms. The highest BCUT2D eigenvalue weighted by molar-refractivity contribution is 6.00. The first-order valence-electron chi connectivity index (χ1n) is 9.34. The summed E-state index contributed by atoms with van der Waals surface area (Å²) < 4.78 is 0. The Morgan fingerprint density at radius 1 is 1.00 bits per heavy atom. The monoisotopic (exact) mass is 350 g/mol. The van der Waals surface area contributed by atoms with E-state index < -0.39 is 6.04 Å². The minimum Gasteiger partial charge on any atom is -0.329 e. The molecular weight excluding hydrogens is 324 g/mol. The van der Waals surface area contributed by atoms with Crippen molar-refractivity contribution in [2.45, 2.75) is 39.2 Å². The van der Waals surface area contributed by atoms with Crippen LogP contribution in [0.3, 0.4) is 0 Å². The minimum atomic E-state index is -0.419. The fourth-order valence-corrected chi connectivity index (χ4v) is 3.42. The van der Waals surface area contributed by atoms with Crippen molar-refractivity contribution in [2.24, 2.45) is 0 Å². The summed E-state index contributed by atoms with van der Waals surface area (Å²) >= 11 is 0. The van der Waals surface area contributed by atoms with Crippen molar-refractivity contribution in [2.75, 3.05) is 18.0 Å². The third kappa shape index (κ3) is 3.96. The summed E-state index contributed by atoms with van der Waals surface area (Å²) in [6, 6.07) is 17.7. The molecule has 0 spiro atoms. The Morgan fingerprint density at radius 3 is 2.35 bits per heavy atom. The average molecular weight is 350 g/mol. The molecule has 1 fully saturated rings. The van der Waals surface area contributed by atoms with Crippen LogP contribution in [0.2, 0.25) is 0 Å². The number of hydrogen-bond donors (Lipinski definition) is 0. The number of anilines is 1. The van der Waals surface area contributed by atoms with E-state index >= 15 is 0 Å². The molecule has 0 aliphatic carbocycles. The van der Waals surface area contributed by atoms with Gasteiger partial charge in [0, 0.05) is 25.2 Å². The molecule has 4 nitrogen and oxygen atoms in total. The quantitative estimate of drug-likeness (QED) is 0.829. The number of benzene rings is 2. The third-order valence-electron chi connectivity index (χ3n) is 5.10. The van der Waals surface area contributed by atoms with Crippen LogP contribution < -0.4 is 4.90 Å². The standard InChI is InChI=1S/C22H26N2O2/c1-3-18-9-12-20(13-10-18)24-16-15-23(17(2)22(24)26)21(25)14-11-19-7-5-4-6-8-19/h4-10,12-13,17H,3,11,14-16H2,1-2H3/t17-/m0/s1. The summed E-state index contributed by atoms with van der Waals surface area (Å²) in [4.78, 5) is 28.9. The number of piperazine rings is 1. The second kappa shape index (κ2) is 8.17. The van der Waals surface area contributed by atoms with Crippen LogP contribution >= 0.6 is 0 Å². The molecule has 1 heterocycles. The lowest BCUT2D eigenvalue weighted by Gasteiger charge is -2.39. The normalized spacial score (nSPS) is 17.5. The first-order valence-corrected chi connectivity index (χ1v) is 9.34. The van der Waals surface area contributed by atoms with E-state index in [9.17, 15) is 9.59 Å². The highest BCUT2D eigenvalue weighted by Crippen LogP contribution is 2.22. The fourth-order valence-electron chi connectivity index (χ4n) is 3.42. The number of nitrogens with zero attached hydrogens (tertiary/aromatic N) is 2. The Kier molecular flexibility index (Phi) is 5.71. The molecule has 2 aromatic rings. The molecule has 0 N–H and O–H groups in total. The first kappa shape index (κ1) is 18.2. The lowest BCUT2D eigenvalue weighted by Crippen LogP contribution is -2.57. The first-order chi connectivity index (χ1) is 12.6. The Bertz CT molecular complexity index is 755. The van der Waals surface area contributed by atoms with Crippen LogP contribution in [0.1, 0.15) is 31.4 Å². The summed E-state index contributed by atoms with van der Waals surface area (Å²) in [5, 5.41) is 0. The SMILES string of the molecule is CCc1ccc(N2CCN(C(=O)CCc3ccccc3)[C@@H](C)C2=O)cc1. The van der Waals surface area contributed by atoms with E-state index in [1.54, 1.807) is 9.80 Å². The Balaban J connectivity index is 1.62. The molecule has 1 aliphatic rings. The van der Waals surface area contributed by atoms with Crippen molar-refractivity contribution < 1.29 is 9.59 Å². The molecule has 1 aliphatic heterocycles. The molecule has 0 aromatic heterocycles. The molecule has 0 saturated carbocycles. The Labute approximate surface area is 155 Å². The molecule has 1 saturated heterocycles. The van der Waals surface area contributed by atoms with Gasteiger partial charge < -0.3 is 9.80 Å². The van der Waals surface area contributed by atoms with Crippen LogP contribution in [0, 0.1) is 0 Å². The fraction of sp³-hybridized carbons (Fsp3) is 0.364. The Morgan fingerprint density at radius 2 is 1.69 bits per heavy atom. The van der Waals surface area contributed by atoms with Gasteiger partial charge in [-0.1, -0.05) is 49.4 Å². The largest absolute Gasteiger partial charge is 0.329 e. The molecule has 0 radical (unpaired) electrons. The molecular formula is C22H26N2O2. The second-order valence-electron chi connectivity index (χ2n) is 6.76. The maximum absolute atomic E-state index is 12.8. The number of carbonyl (C=O) groups excluding carboxylic acids is 2. The summed E-state index contributed by atoms with van der Waals surface area (Å²) in [5.41, 5.74) is 3.31. The number of aryl methyl sites for hydroxylation is 2. The van der Waals surface area contributed by atoms with Crippen LogP contribution in [-0.2, 0) is 22.4 Å². The molecule has 136 valence electrons. The van der Waals surface area contributed by atoms with Gasteiger partial charge in [0.25, 0.3) is 0 Å². The van der Waals surface area contributed by atoms with Gasteiger partial charge in [-0.25, -0.2) is 0 Å². The average Bonchev–Trinajstić information content (AvgIpc) is 2.69. The van der Waals surface area contributed by atoms with Gasteiger partial charge in [-0.2, -0.15) is 0 Å². The van der Waals surface area contributed by atoms with Gasteiger partial charge in [0.2, 0.25) is 11.8 Å². The van der Waals surface area contributed by atoms with Crippen molar-refractivity contribution in [3.63, 3.8) is 0 Å². The zero-order valence-electron chi connectivity index (χ0n) is 15.5. The summed E-state index contributed by atoms with van der Waals surface area (Å²) in [6.07, 6.45) is 2.13. The van der Waals surface area contributed by atoms with E-state index in [0.717, 1.165) is 17.7 Å². The summed E-state index contributed by atoms with van der Waals surface area (Å²) in [7, 11) is 0.